The van der Waals surface area contributed by atoms with Gasteiger partial charge in [-0.15, -0.1) is 0 Å². The number of aromatic hydroxyl groups is 2. The molecule has 0 amide bonds. The van der Waals surface area contributed by atoms with E-state index < -0.39 is 0 Å². The molecular weight excluding hydrogens is 190 g/mol. The number of benzene rings is 1. The topological polar surface area (TPSA) is 52.5 Å². The monoisotopic (exact) mass is 205 g/mol. The molecule has 0 aromatic heterocycles. The van der Waals surface area contributed by atoms with Gasteiger partial charge in [-0.25, -0.2) is 0 Å². The molecule has 15 heavy (non-hydrogen) atoms. The summed E-state index contributed by atoms with van der Waals surface area (Å²) < 4.78 is 0. The second-order valence-electron chi connectivity index (χ2n) is 4.56. The molecule has 1 aromatic carbocycles. The van der Waals surface area contributed by atoms with E-state index in [1.807, 2.05) is 6.07 Å². The molecule has 2 atom stereocenters. The molecule has 1 aliphatic heterocycles. The van der Waals surface area contributed by atoms with E-state index in [1.54, 1.807) is 6.07 Å². The minimum Gasteiger partial charge on any atom is -0.504 e. The standard InChI is InChI=1S/C12H15NO2/c14-11-4-3-8-9(12(11)15)2-1-7-5-13-6-10(7)8/h3-4,7,10,13-15H,1-2,5-6H2/t7-,10-/m1/s1. The lowest BCUT2D eigenvalue weighted by Gasteiger charge is -2.28. The maximum absolute atomic E-state index is 9.79. The highest BCUT2D eigenvalue weighted by molar-refractivity contribution is 5.51. The Morgan fingerprint density at radius 1 is 1.20 bits per heavy atom. The summed E-state index contributed by atoms with van der Waals surface area (Å²) in [6.45, 7) is 2.09. The molecule has 0 unspecified atom stereocenters. The van der Waals surface area contributed by atoms with Crippen LogP contribution in [0.25, 0.3) is 0 Å². The number of hydrogen-bond acceptors (Lipinski definition) is 3. The molecule has 1 heterocycles. The average Bonchev–Trinajstić information content (AvgIpc) is 2.71. The summed E-state index contributed by atoms with van der Waals surface area (Å²) in [4.78, 5) is 0. The molecule has 1 fully saturated rings. The average molecular weight is 205 g/mol. The smallest absolute Gasteiger partial charge is 0.160 e. The third-order valence-electron chi connectivity index (χ3n) is 3.80. The van der Waals surface area contributed by atoms with E-state index in [2.05, 4.69) is 5.32 Å². The van der Waals surface area contributed by atoms with Crippen molar-refractivity contribution in [1.82, 2.24) is 5.32 Å². The quantitative estimate of drug-likeness (QED) is 0.560. The van der Waals surface area contributed by atoms with E-state index in [9.17, 15) is 10.2 Å². The molecule has 0 bridgehead atoms. The first-order chi connectivity index (χ1) is 7.27. The Morgan fingerprint density at radius 2 is 2.07 bits per heavy atom. The predicted octanol–water partition coefficient (Wildman–Crippen LogP) is 1.35. The van der Waals surface area contributed by atoms with Crippen molar-refractivity contribution in [2.24, 2.45) is 5.92 Å². The Bertz CT molecular complexity index is 403. The maximum Gasteiger partial charge on any atom is 0.160 e. The van der Waals surface area contributed by atoms with Gasteiger partial charge in [0.15, 0.2) is 11.5 Å². The molecule has 0 spiro atoms. The van der Waals surface area contributed by atoms with Crippen molar-refractivity contribution in [2.75, 3.05) is 13.1 Å². The summed E-state index contributed by atoms with van der Waals surface area (Å²) in [5, 5.41) is 22.6. The zero-order chi connectivity index (χ0) is 10.4. The molecule has 0 radical (unpaired) electrons. The van der Waals surface area contributed by atoms with Crippen LogP contribution < -0.4 is 5.32 Å². The SMILES string of the molecule is Oc1ccc2c(c1O)CC[C@@H]1CNC[C@@H]21. The predicted molar refractivity (Wildman–Crippen MR) is 57.2 cm³/mol. The lowest BCUT2D eigenvalue weighted by molar-refractivity contribution is 0.384. The zero-order valence-electron chi connectivity index (χ0n) is 8.53. The summed E-state index contributed by atoms with van der Waals surface area (Å²) in [5.74, 6) is 1.35. The summed E-state index contributed by atoms with van der Waals surface area (Å²) in [7, 11) is 0. The molecule has 1 aliphatic carbocycles. The molecule has 1 saturated heterocycles. The first-order valence-corrected chi connectivity index (χ1v) is 5.52. The van der Waals surface area contributed by atoms with Crippen molar-refractivity contribution in [3.05, 3.63) is 23.3 Å². The van der Waals surface area contributed by atoms with E-state index in [0.717, 1.165) is 31.5 Å². The molecule has 80 valence electrons. The van der Waals surface area contributed by atoms with Crippen LogP contribution in [0.5, 0.6) is 11.5 Å². The van der Waals surface area contributed by atoms with Crippen LogP contribution in [0.3, 0.4) is 0 Å². The van der Waals surface area contributed by atoms with Crippen LogP contribution in [0.1, 0.15) is 23.5 Å². The fourth-order valence-electron chi connectivity index (χ4n) is 2.98. The van der Waals surface area contributed by atoms with Gasteiger partial charge in [-0.05, 0) is 36.9 Å². The lowest BCUT2D eigenvalue weighted by atomic mass is 9.77. The highest BCUT2D eigenvalue weighted by Gasteiger charge is 2.34. The first kappa shape index (κ1) is 9.04. The minimum atomic E-state index is 0.0122. The Labute approximate surface area is 88.7 Å². The fourth-order valence-corrected chi connectivity index (χ4v) is 2.98. The van der Waals surface area contributed by atoms with Gasteiger partial charge in [0.2, 0.25) is 0 Å². The Hall–Kier alpha value is -1.22. The summed E-state index contributed by atoms with van der Waals surface area (Å²) >= 11 is 0. The van der Waals surface area contributed by atoms with Crippen molar-refractivity contribution >= 4 is 0 Å². The normalized spacial score (nSPS) is 28.5. The number of phenols is 2. The van der Waals surface area contributed by atoms with Gasteiger partial charge >= 0.3 is 0 Å². The fraction of sp³-hybridized carbons (Fsp3) is 0.500. The van der Waals surface area contributed by atoms with Crippen LogP contribution in [0.15, 0.2) is 12.1 Å². The number of rotatable bonds is 0. The van der Waals surface area contributed by atoms with Gasteiger partial charge in [0, 0.05) is 18.0 Å². The number of phenolic OH excluding ortho intramolecular Hbond substituents is 2. The highest BCUT2D eigenvalue weighted by atomic mass is 16.3. The lowest BCUT2D eigenvalue weighted by Crippen LogP contribution is -2.18. The van der Waals surface area contributed by atoms with Crippen molar-refractivity contribution < 1.29 is 10.2 Å². The van der Waals surface area contributed by atoms with Gasteiger partial charge in [-0.2, -0.15) is 0 Å². The molecule has 1 aromatic rings. The Morgan fingerprint density at radius 3 is 2.93 bits per heavy atom. The molecule has 3 N–H and O–H groups in total. The van der Waals surface area contributed by atoms with Gasteiger partial charge in [0.25, 0.3) is 0 Å². The van der Waals surface area contributed by atoms with Crippen LogP contribution in [0, 0.1) is 5.92 Å². The largest absolute Gasteiger partial charge is 0.504 e. The number of fused-ring (bicyclic) bond motifs is 3. The molecule has 0 saturated carbocycles. The second kappa shape index (κ2) is 3.14. The van der Waals surface area contributed by atoms with Gasteiger partial charge in [0.05, 0.1) is 0 Å². The maximum atomic E-state index is 9.79. The Kier molecular flexibility index (Phi) is 1.89. The first-order valence-electron chi connectivity index (χ1n) is 5.52. The zero-order valence-corrected chi connectivity index (χ0v) is 8.53. The summed E-state index contributed by atoms with van der Waals surface area (Å²) in [5.41, 5.74) is 2.19. The van der Waals surface area contributed by atoms with Crippen molar-refractivity contribution in [2.45, 2.75) is 18.8 Å². The third kappa shape index (κ3) is 1.23. The Balaban J connectivity index is 2.11. The summed E-state index contributed by atoms with van der Waals surface area (Å²) in [6.07, 6.45) is 2.00. The van der Waals surface area contributed by atoms with Gasteiger partial charge in [0.1, 0.15) is 0 Å². The number of nitrogens with one attached hydrogen (secondary N) is 1. The van der Waals surface area contributed by atoms with Gasteiger partial charge < -0.3 is 15.5 Å². The van der Waals surface area contributed by atoms with Crippen molar-refractivity contribution in [3.8, 4) is 11.5 Å². The van der Waals surface area contributed by atoms with Gasteiger partial charge in [-0.3, -0.25) is 0 Å². The van der Waals surface area contributed by atoms with Crippen molar-refractivity contribution in [1.29, 1.82) is 0 Å². The molecule has 3 rings (SSSR count). The minimum absolute atomic E-state index is 0.0122. The van der Waals surface area contributed by atoms with Crippen LogP contribution >= 0.6 is 0 Å². The van der Waals surface area contributed by atoms with Crippen LogP contribution in [0.2, 0.25) is 0 Å². The summed E-state index contributed by atoms with van der Waals surface area (Å²) in [6, 6.07) is 3.57. The van der Waals surface area contributed by atoms with E-state index in [-0.39, 0.29) is 11.5 Å². The van der Waals surface area contributed by atoms with E-state index >= 15 is 0 Å². The highest BCUT2D eigenvalue weighted by Crippen LogP contribution is 2.44. The molecule has 3 heteroatoms. The van der Waals surface area contributed by atoms with E-state index in [1.165, 1.54) is 5.56 Å². The van der Waals surface area contributed by atoms with Crippen LogP contribution in [-0.2, 0) is 6.42 Å². The van der Waals surface area contributed by atoms with Gasteiger partial charge in [-0.1, -0.05) is 6.07 Å². The third-order valence-corrected chi connectivity index (χ3v) is 3.80. The van der Waals surface area contributed by atoms with E-state index in [4.69, 9.17) is 0 Å². The molecule has 2 aliphatic rings. The molecule has 3 nitrogen and oxygen atoms in total. The van der Waals surface area contributed by atoms with Crippen molar-refractivity contribution in [3.63, 3.8) is 0 Å². The van der Waals surface area contributed by atoms with Crippen LogP contribution in [0.4, 0.5) is 0 Å². The molecular formula is C12H15NO2. The number of hydrogen-bond donors (Lipinski definition) is 3. The van der Waals surface area contributed by atoms with E-state index in [0.29, 0.717) is 11.8 Å². The second-order valence-corrected chi connectivity index (χ2v) is 4.56. The van der Waals surface area contributed by atoms with Crippen LogP contribution in [-0.4, -0.2) is 23.3 Å².